The fraction of sp³-hybridized carbons (Fsp3) is 1.00. The lowest BCUT2D eigenvalue weighted by molar-refractivity contribution is 0.110. The quantitative estimate of drug-likeness (QED) is 0.593. The third-order valence-corrected chi connectivity index (χ3v) is 2.79. The molecule has 0 saturated carbocycles. The van der Waals surface area contributed by atoms with Gasteiger partial charge in [-0.3, -0.25) is 0 Å². The maximum absolute atomic E-state index is 6.13. The molecule has 0 heterocycles. The van der Waals surface area contributed by atoms with Gasteiger partial charge in [0.1, 0.15) is 0 Å². The molecule has 0 amide bonds. The van der Waals surface area contributed by atoms with Crippen molar-refractivity contribution in [2.24, 2.45) is 5.73 Å². The van der Waals surface area contributed by atoms with Gasteiger partial charge < -0.3 is 10.5 Å². The first-order chi connectivity index (χ1) is 6.18. The van der Waals surface area contributed by atoms with E-state index in [0.29, 0.717) is 0 Å². The second-order valence-corrected chi connectivity index (χ2v) is 3.79. The maximum atomic E-state index is 6.13. The Labute approximate surface area is 82.8 Å². The molecule has 0 unspecified atom stereocenters. The zero-order valence-corrected chi connectivity index (χ0v) is 9.44. The fourth-order valence-corrected chi connectivity index (χ4v) is 1.23. The van der Waals surface area contributed by atoms with Crippen LogP contribution in [0.15, 0.2) is 0 Å². The molecule has 2 heteroatoms. The van der Waals surface area contributed by atoms with Crippen LogP contribution in [0.1, 0.15) is 52.9 Å². The van der Waals surface area contributed by atoms with Gasteiger partial charge in [0.25, 0.3) is 0 Å². The molecule has 0 spiro atoms. The smallest absolute Gasteiger partial charge is 0.0483 e. The molecule has 0 aromatic rings. The molecule has 13 heavy (non-hydrogen) atoms. The molecule has 0 aromatic carbocycles. The van der Waals surface area contributed by atoms with Crippen molar-refractivity contribution in [3.8, 4) is 0 Å². The molecular formula is C11H25NO. The first-order valence-electron chi connectivity index (χ1n) is 5.55. The molecule has 0 radical (unpaired) electrons. The average molecular weight is 187 g/mol. The van der Waals surface area contributed by atoms with Crippen molar-refractivity contribution < 1.29 is 4.74 Å². The van der Waals surface area contributed by atoms with E-state index in [0.717, 1.165) is 38.9 Å². The van der Waals surface area contributed by atoms with E-state index in [1.165, 1.54) is 6.42 Å². The third-order valence-electron chi connectivity index (χ3n) is 2.79. The van der Waals surface area contributed by atoms with Crippen LogP contribution < -0.4 is 5.73 Å². The van der Waals surface area contributed by atoms with Gasteiger partial charge in [-0.1, -0.05) is 27.2 Å². The van der Waals surface area contributed by atoms with Gasteiger partial charge in [-0.15, -0.1) is 0 Å². The van der Waals surface area contributed by atoms with Crippen LogP contribution in [-0.4, -0.2) is 18.8 Å². The number of rotatable bonds is 8. The third kappa shape index (κ3) is 6.05. The van der Waals surface area contributed by atoms with Crippen molar-refractivity contribution in [3.63, 3.8) is 0 Å². The van der Waals surface area contributed by atoms with Crippen molar-refractivity contribution in [3.05, 3.63) is 0 Å². The van der Waals surface area contributed by atoms with Crippen LogP contribution in [0.2, 0.25) is 0 Å². The normalized spacial score (nSPS) is 12.0. The second-order valence-electron chi connectivity index (χ2n) is 3.79. The monoisotopic (exact) mass is 187 g/mol. The topological polar surface area (TPSA) is 35.2 Å². The standard InChI is InChI=1S/C11H25NO/c1-4-7-9-13-10-8-11(12,5-2)6-3/h4-10,12H2,1-3H3. The van der Waals surface area contributed by atoms with Crippen LogP contribution in [0.25, 0.3) is 0 Å². The van der Waals surface area contributed by atoms with Gasteiger partial charge in [0.2, 0.25) is 0 Å². The van der Waals surface area contributed by atoms with E-state index in [1.54, 1.807) is 0 Å². The molecule has 2 N–H and O–H groups in total. The molecule has 2 nitrogen and oxygen atoms in total. The van der Waals surface area contributed by atoms with Gasteiger partial charge in [0, 0.05) is 18.8 Å². The van der Waals surface area contributed by atoms with Gasteiger partial charge in [0.05, 0.1) is 0 Å². The zero-order valence-electron chi connectivity index (χ0n) is 9.44. The second kappa shape index (κ2) is 7.34. The van der Waals surface area contributed by atoms with Crippen molar-refractivity contribution in [2.45, 2.75) is 58.4 Å². The summed E-state index contributed by atoms with van der Waals surface area (Å²) in [5.74, 6) is 0. The Morgan fingerprint density at radius 3 is 2.15 bits per heavy atom. The Morgan fingerprint density at radius 1 is 1.08 bits per heavy atom. The Kier molecular flexibility index (Phi) is 7.29. The SMILES string of the molecule is CCCCOCCC(N)(CC)CC. The number of ether oxygens (including phenoxy) is 1. The zero-order chi connectivity index (χ0) is 10.2. The minimum atomic E-state index is 0.00617. The molecule has 0 aromatic heterocycles. The number of hydrogen-bond donors (Lipinski definition) is 1. The summed E-state index contributed by atoms with van der Waals surface area (Å²) in [6.45, 7) is 8.18. The Balaban J connectivity index is 3.39. The first kappa shape index (κ1) is 12.9. The van der Waals surface area contributed by atoms with Crippen molar-refractivity contribution >= 4 is 0 Å². The van der Waals surface area contributed by atoms with Gasteiger partial charge in [-0.05, 0) is 25.7 Å². The molecule has 0 aliphatic carbocycles. The molecule has 80 valence electrons. The highest BCUT2D eigenvalue weighted by atomic mass is 16.5. The maximum Gasteiger partial charge on any atom is 0.0483 e. The molecular weight excluding hydrogens is 162 g/mol. The highest BCUT2D eigenvalue weighted by Gasteiger charge is 2.19. The van der Waals surface area contributed by atoms with E-state index in [4.69, 9.17) is 10.5 Å². The summed E-state index contributed by atoms with van der Waals surface area (Å²) in [5.41, 5.74) is 6.14. The minimum absolute atomic E-state index is 0.00617. The van der Waals surface area contributed by atoms with Gasteiger partial charge >= 0.3 is 0 Å². The number of hydrogen-bond acceptors (Lipinski definition) is 2. The highest BCUT2D eigenvalue weighted by molar-refractivity contribution is 4.80. The van der Waals surface area contributed by atoms with Crippen molar-refractivity contribution in [1.29, 1.82) is 0 Å². The summed E-state index contributed by atoms with van der Waals surface area (Å²) in [6.07, 6.45) is 5.44. The minimum Gasteiger partial charge on any atom is -0.381 e. The van der Waals surface area contributed by atoms with E-state index in [-0.39, 0.29) is 5.54 Å². The molecule has 0 saturated heterocycles. The van der Waals surface area contributed by atoms with Crippen LogP contribution in [-0.2, 0) is 4.74 Å². The van der Waals surface area contributed by atoms with Crippen molar-refractivity contribution in [1.82, 2.24) is 0 Å². The summed E-state index contributed by atoms with van der Waals surface area (Å²) in [4.78, 5) is 0. The number of nitrogens with two attached hydrogens (primary N) is 1. The predicted octanol–water partition coefficient (Wildman–Crippen LogP) is 2.71. The lowest BCUT2D eigenvalue weighted by Gasteiger charge is -2.26. The fourth-order valence-electron chi connectivity index (χ4n) is 1.23. The molecule has 0 fully saturated rings. The van der Waals surface area contributed by atoms with E-state index >= 15 is 0 Å². The molecule has 0 aliphatic heterocycles. The average Bonchev–Trinajstić information content (AvgIpc) is 2.17. The predicted molar refractivity (Wildman–Crippen MR) is 57.8 cm³/mol. The van der Waals surface area contributed by atoms with E-state index in [1.807, 2.05) is 0 Å². The lowest BCUT2D eigenvalue weighted by atomic mass is 9.91. The Morgan fingerprint density at radius 2 is 1.69 bits per heavy atom. The summed E-state index contributed by atoms with van der Waals surface area (Å²) < 4.78 is 5.49. The largest absolute Gasteiger partial charge is 0.381 e. The Bertz CT molecular complexity index is 111. The van der Waals surface area contributed by atoms with Gasteiger partial charge in [-0.2, -0.15) is 0 Å². The number of unbranched alkanes of at least 4 members (excludes halogenated alkanes) is 1. The molecule has 0 rings (SSSR count). The van der Waals surface area contributed by atoms with Crippen LogP contribution >= 0.6 is 0 Å². The summed E-state index contributed by atoms with van der Waals surface area (Å²) in [7, 11) is 0. The molecule has 0 aliphatic rings. The molecule has 0 bridgehead atoms. The first-order valence-corrected chi connectivity index (χ1v) is 5.55. The van der Waals surface area contributed by atoms with Gasteiger partial charge in [0.15, 0.2) is 0 Å². The van der Waals surface area contributed by atoms with E-state index in [9.17, 15) is 0 Å². The summed E-state index contributed by atoms with van der Waals surface area (Å²) in [5, 5.41) is 0. The van der Waals surface area contributed by atoms with E-state index in [2.05, 4.69) is 20.8 Å². The lowest BCUT2D eigenvalue weighted by Crippen LogP contribution is -2.39. The molecule has 0 atom stereocenters. The van der Waals surface area contributed by atoms with Crippen molar-refractivity contribution in [2.75, 3.05) is 13.2 Å². The van der Waals surface area contributed by atoms with Crippen LogP contribution in [0.4, 0.5) is 0 Å². The van der Waals surface area contributed by atoms with Crippen LogP contribution in [0.5, 0.6) is 0 Å². The Hall–Kier alpha value is -0.0800. The summed E-state index contributed by atoms with van der Waals surface area (Å²) >= 11 is 0. The summed E-state index contributed by atoms with van der Waals surface area (Å²) in [6, 6.07) is 0. The van der Waals surface area contributed by atoms with Crippen LogP contribution in [0, 0.1) is 0 Å². The van der Waals surface area contributed by atoms with Crippen LogP contribution in [0.3, 0.4) is 0 Å². The highest BCUT2D eigenvalue weighted by Crippen LogP contribution is 2.15. The van der Waals surface area contributed by atoms with Gasteiger partial charge in [-0.25, -0.2) is 0 Å². The van der Waals surface area contributed by atoms with E-state index < -0.39 is 0 Å².